The van der Waals surface area contributed by atoms with Crippen molar-refractivity contribution >= 4 is 17.4 Å². The first-order valence-electron chi connectivity index (χ1n) is 6.37. The Balaban J connectivity index is 0.00000191. The van der Waals surface area contributed by atoms with E-state index in [2.05, 4.69) is 21.9 Å². The van der Waals surface area contributed by atoms with Crippen LogP contribution in [0.4, 0.5) is 5.82 Å². The van der Waals surface area contributed by atoms with Gasteiger partial charge in [-0.25, -0.2) is 9.97 Å². The fourth-order valence-electron chi connectivity index (χ4n) is 1.18. The first kappa shape index (κ1) is 18.7. The Morgan fingerprint density at radius 2 is 2.10 bits per heavy atom. The molecule has 0 unspecified atom stereocenters. The SMILES string of the molecule is C=C/C(C#N)=C\C(Cl)=C(/C)Nc1ncnc(C)c1O.CC. The second-order valence-corrected chi connectivity index (χ2v) is 4.08. The van der Waals surface area contributed by atoms with Gasteiger partial charge >= 0.3 is 0 Å². The van der Waals surface area contributed by atoms with Crippen LogP contribution in [-0.2, 0) is 0 Å². The minimum absolute atomic E-state index is 0.0421. The van der Waals surface area contributed by atoms with Gasteiger partial charge in [0.2, 0.25) is 0 Å². The number of allylic oxidation sites excluding steroid dienone is 5. The minimum atomic E-state index is -0.0421. The van der Waals surface area contributed by atoms with Crippen LogP contribution < -0.4 is 5.32 Å². The highest BCUT2D eigenvalue weighted by Crippen LogP contribution is 2.25. The number of nitriles is 1. The molecule has 6 heteroatoms. The van der Waals surface area contributed by atoms with Crippen molar-refractivity contribution in [3.63, 3.8) is 0 Å². The monoisotopic (exact) mass is 306 g/mol. The fraction of sp³-hybridized carbons (Fsp3) is 0.267. The molecule has 0 aliphatic carbocycles. The van der Waals surface area contributed by atoms with E-state index in [-0.39, 0.29) is 11.6 Å². The third-order valence-corrected chi connectivity index (χ3v) is 2.69. The summed E-state index contributed by atoms with van der Waals surface area (Å²) in [6.07, 6.45) is 4.21. The van der Waals surface area contributed by atoms with Crippen LogP contribution >= 0.6 is 11.6 Å². The van der Waals surface area contributed by atoms with E-state index in [9.17, 15) is 5.11 Å². The molecule has 0 saturated carbocycles. The zero-order chi connectivity index (χ0) is 16.4. The van der Waals surface area contributed by atoms with E-state index < -0.39 is 0 Å². The molecule has 21 heavy (non-hydrogen) atoms. The van der Waals surface area contributed by atoms with Gasteiger partial charge in [0.05, 0.1) is 22.4 Å². The van der Waals surface area contributed by atoms with Crippen LogP contribution in [0.25, 0.3) is 0 Å². The van der Waals surface area contributed by atoms with Crippen molar-refractivity contribution in [2.45, 2.75) is 27.7 Å². The predicted octanol–water partition coefficient (Wildman–Crippen LogP) is 4.04. The number of aromatic hydroxyl groups is 1. The number of aryl methyl sites for hydroxylation is 1. The second kappa shape index (κ2) is 9.56. The highest BCUT2D eigenvalue weighted by molar-refractivity contribution is 6.31. The smallest absolute Gasteiger partial charge is 0.180 e. The van der Waals surface area contributed by atoms with Gasteiger partial charge in [-0.05, 0) is 19.9 Å². The van der Waals surface area contributed by atoms with Crippen LogP contribution in [0.1, 0.15) is 26.5 Å². The lowest BCUT2D eigenvalue weighted by atomic mass is 10.2. The molecule has 1 heterocycles. The number of hydrogen-bond donors (Lipinski definition) is 2. The van der Waals surface area contributed by atoms with Crippen LogP contribution in [-0.4, -0.2) is 15.1 Å². The maximum Gasteiger partial charge on any atom is 0.180 e. The molecule has 0 spiro atoms. The van der Waals surface area contributed by atoms with Crippen molar-refractivity contribution < 1.29 is 5.11 Å². The van der Waals surface area contributed by atoms with Gasteiger partial charge in [-0.15, -0.1) is 0 Å². The number of aromatic nitrogens is 2. The summed E-state index contributed by atoms with van der Waals surface area (Å²) in [7, 11) is 0. The molecule has 0 fully saturated rings. The van der Waals surface area contributed by atoms with Crippen molar-refractivity contribution in [3.8, 4) is 11.8 Å². The lowest BCUT2D eigenvalue weighted by Crippen LogP contribution is -2.01. The van der Waals surface area contributed by atoms with Gasteiger partial charge in [-0.2, -0.15) is 5.26 Å². The Morgan fingerprint density at radius 3 is 2.62 bits per heavy atom. The van der Waals surface area contributed by atoms with Gasteiger partial charge in [0.1, 0.15) is 6.33 Å². The molecule has 0 aromatic carbocycles. The summed E-state index contributed by atoms with van der Waals surface area (Å²) in [5.74, 6) is 0.216. The van der Waals surface area contributed by atoms with Gasteiger partial charge in [-0.1, -0.05) is 38.1 Å². The van der Waals surface area contributed by atoms with Crippen molar-refractivity contribution in [2.75, 3.05) is 5.32 Å². The predicted molar refractivity (Wildman–Crippen MR) is 85.9 cm³/mol. The van der Waals surface area contributed by atoms with E-state index in [0.717, 1.165) is 0 Å². The molecule has 1 aromatic rings. The van der Waals surface area contributed by atoms with Gasteiger partial charge in [0.25, 0.3) is 0 Å². The molecule has 0 radical (unpaired) electrons. The van der Waals surface area contributed by atoms with Crippen molar-refractivity contribution in [1.82, 2.24) is 9.97 Å². The summed E-state index contributed by atoms with van der Waals surface area (Å²) in [6, 6.07) is 1.94. The number of nitrogens with one attached hydrogen (secondary N) is 1. The van der Waals surface area contributed by atoms with Gasteiger partial charge in [0.15, 0.2) is 11.6 Å². The van der Waals surface area contributed by atoms with Gasteiger partial charge in [-0.3, -0.25) is 0 Å². The Hall–Kier alpha value is -2.32. The number of rotatable bonds is 4. The van der Waals surface area contributed by atoms with E-state index in [1.54, 1.807) is 13.8 Å². The fourth-order valence-corrected chi connectivity index (χ4v) is 1.34. The summed E-state index contributed by atoms with van der Waals surface area (Å²) in [4.78, 5) is 7.76. The molecule has 0 bridgehead atoms. The topological polar surface area (TPSA) is 81.8 Å². The molecule has 2 N–H and O–H groups in total. The zero-order valence-electron chi connectivity index (χ0n) is 12.6. The molecule has 0 aliphatic heterocycles. The summed E-state index contributed by atoms with van der Waals surface area (Å²) in [6.45, 7) is 10.9. The third-order valence-electron chi connectivity index (χ3n) is 2.30. The average Bonchev–Trinajstić information content (AvgIpc) is 2.51. The van der Waals surface area contributed by atoms with Crippen LogP contribution in [0.15, 0.2) is 41.4 Å². The van der Waals surface area contributed by atoms with Crippen molar-refractivity contribution in [3.05, 3.63) is 47.1 Å². The largest absolute Gasteiger partial charge is 0.503 e. The maximum atomic E-state index is 9.77. The normalized spacial score (nSPS) is 11.5. The Bertz CT molecular complexity index is 600. The maximum absolute atomic E-state index is 9.77. The zero-order valence-corrected chi connectivity index (χ0v) is 13.4. The van der Waals surface area contributed by atoms with E-state index in [1.165, 1.54) is 18.5 Å². The molecule has 1 aromatic heterocycles. The van der Waals surface area contributed by atoms with Gasteiger partial charge < -0.3 is 10.4 Å². The first-order chi connectivity index (χ1) is 9.99. The lowest BCUT2D eigenvalue weighted by Gasteiger charge is -2.09. The van der Waals surface area contributed by atoms with Crippen LogP contribution in [0.2, 0.25) is 0 Å². The summed E-state index contributed by atoms with van der Waals surface area (Å²) in [5.41, 5.74) is 1.35. The molecular formula is C15H19ClN4O. The third kappa shape index (κ3) is 5.67. The van der Waals surface area contributed by atoms with E-state index in [1.807, 2.05) is 19.9 Å². The molecule has 1 rings (SSSR count). The first-order valence-corrected chi connectivity index (χ1v) is 6.75. The van der Waals surface area contributed by atoms with E-state index in [4.69, 9.17) is 16.9 Å². The van der Waals surface area contributed by atoms with E-state index >= 15 is 0 Å². The standard InChI is InChI=1S/C13H13ClN4O.C2H6/c1-4-10(6-15)5-11(14)8(2)18-13-12(19)9(3)16-7-17-13;1-2/h4-5,7,19H,1H2,2-3H3,(H,16,17,18);1-2H3/b10-5+,11-8-;. The Kier molecular flexibility index (Phi) is 8.51. The summed E-state index contributed by atoms with van der Waals surface area (Å²) < 4.78 is 0. The quantitative estimate of drug-likeness (QED) is 0.648. The average molecular weight is 307 g/mol. The highest BCUT2D eigenvalue weighted by Gasteiger charge is 2.07. The number of anilines is 1. The Labute approximate surface area is 130 Å². The second-order valence-electron chi connectivity index (χ2n) is 3.67. The highest BCUT2D eigenvalue weighted by atomic mass is 35.5. The van der Waals surface area contributed by atoms with Gasteiger partial charge in [0, 0.05) is 5.70 Å². The van der Waals surface area contributed by atoms with Crippen molar-refractivity contribution in [1.29, 1.82) is 5.26 Å². The molecule has 0 amide bonds. The van der Waals surface area contributed by atoms with Crippen LogP contribution in [0, 0.1) is 18.3 Å². The lowest BCUT2D eigenvalue weighted by molar-refractivity contribution is 0.467. The number of hydrogen-bond acceptors (Lipinski definition) is 5. The molecule has 112 valence electrons. The molecule has 5 nitrogen and oxygen atoms in total. The molecule has 0 aliphatic rings. The summed E-state index contributed by atoms with van der Waals surface area (Å²) >= 11 is 6.04. The minimum Gasteiger partial charge on any atom is -0.503 e. The molecule has 0 saturated heterocycles. The number of halogens is 1. The Morgan fingerprint density at radius 1 is 1.48 bits per heavy atom. The summed E-state index contributed by atoms with van der Waals surface area (Å²) in [5, 5.41) is 21.7. The molecule has 0 atom stereocenters. The van der Waals surface area contributed by atoms with Crippen LogP contribution in [0.3, 0.4) is 0 Å². The van der Waals surface area contributed by atoms with E-state index in [0.29, 0.717) is 22.0 Å². The van der Waals surface area contributed by atoms with Crippen molar-refractivity contribution in [2.24, 2.45) is 0 Å². The molecular weight excluding hydrogens is 288 g/mol. The number of nitrogens with zero attached hydrogens (tertiary/aromatic N) is 3. The van der Waals surface area contributed by atoms with Crippen LogP contribution in [0.5, 0.6) is 5.75 Å².